The number of carbonyl (C=O) groups excluding carboxylic acids is 1. The molecule has 1 N–H and O–H groups in total. The first-order valence-corrected chi connectivity index (χ1v) is 4.97. The van der Waals surface area contributed by atoms with Crippen LogP contribution in [0, 0.1) is 0 Å². The van der Waals surface area contributed by atoms with Gasteiger partial charge in [0.25, 0.3) is 5.91 Å². The summed E-state index contributed by atoms with van der Waals surface area (Å²) in [6.45, 7) is 0.151. The molecule has 0 bridgehead atoms. The number of rotatable bonds is 4. The zero-order valence-electron chi connectivity index (χ0n) is 8.68. The highest BCUT2D eigenvalue weighted by atomic mass is 35.5. The van der Waals surface area contributed by atoms with Crippen molar-refractivity contribution in [3.63, 3.8) is 0 Å². The van der Waals surface area contributed by atoms with E-state index in [0.29, 0.717) is 5.02 Å². The van der Waals surface area contributed by atoms with E-state index in [1.54, 1.807) is 6.07 Å². The summed E-state index contributed by atoms with van der Waals surface area (Å²) in [5.74, 6) is -1.26. The monoisotopic (exact) mass is 242 g/mol. The van der Waals surface area contributed by atoms with Crippen LogP contribution in [0.2, 0.25) is 5.02 Å². The Labute approximate surface area is 97.7 Å². The number of aromatic nitrogens is 1. The van der Waals surface area contributed by atoms with E-state index >= 15 is 0 Å². The van der Waals surface area contributed by atoms with Gasteiger partial charge in [0, 0.05) is 19.8 Å². The number of nitrogens with zero attached hydrogens (tertiary/aromatic N) is 2. The normalized spacial score (nSPS) is 9.88. The van der Waals surface area contributed by atoms with Crippen LogP contribution in [-0.2, 0) is 4.79 Å². The number of aliphatic carboxylic acids is 1. The molecule has 0 saturated carbocycles. The van der Waals surface area contributed by atoms with Gasteiger partial charge in [0.05, 0.1) is 11.4 Å². The Bertz CT molecular complexity index is 392. The number of carbonyl (C=O) groups is 2. The van der Waals surface area contributed by atoms with Gasteiger partial charge in [-0.1, -0.05) is 11.6 Å². The molecule has 1 aromatic rings. The molecule has 0 saturated heterocycles. The number of amides is 1. The molecule has 0 aliphatic rings. The average molecular weight is 243 g/mol. The summed E-state index contributed by atoms with van der Waals surface area (Å²) in [5.41, 5.74) is 0.247. The third-order valence-corrected chi connectivity index (χ3v) is 2.18. The lowest BCUT2D eigenvalue weighted by molar-refractivity contribution is -0.137. The molecule has 0 fully saturated rings. The fourth-order valence-electron chi connectivity index (χ4n) is 1.06. The van der Waals surface area contributed by atoms with Crippen LogP contribution in [0.15, 0.2) is 18.3 Å². The van der Waals surface area contributed by atoms with E-state index in [9.17, 15) is 9.59 Å². The summed E-state index contributed by atoms with van der Waals surface area (Å²) in [6.07, 6.45) is 1.29. The van der Waals surface area contributed by atoms with Gasteiger partial charge in [-0.2, -0.15) is 0 Å². The maximum atomic E-state index is 11.7. The van der Waals surface area contributed by atoms with Crippen LogP contribution in [-0.4, -0.2) is 40.5 Å². The maximum Gasteiger partial charge on any atom is 0.305 e. The van der Waals surface area contributed by atoms with E-state index in [1.807, 2.05) is 0 Å². The van der Waals surface area contributed by atoms with E-state index in [4.69, 9.17) is 16.7 Å². The number of halogens is 1. The fourth-order valence-corrected chi connectivity index (χ4v) is 1.17. The molecule has 1 rings (SSSR count). The van der Waals surface area contributed by atoms with Crippen LogP contribution in [0.25, 0.3) is 0 Å². The highest BCUT2D eigenvalue weighted by Crippen LogP contribution is 2.07. The highest BCUT2D eigenvalue weighted by Gasteiger charge is 2.13. The summed E-state index contributed by atoms with van der Waals surface area (Å²) >= 11 is 5.63. The standard InChI is InChI=1S/C10H11ClN2O3/c1-13(5-4-9(14)15)10(16)8-3-2-7(11)6-12-8/h2-3,6H,4-5H2,1H3,(H,14,15). The Morgan fingerprint density at radius 3 is 2.69 bits per heavy atom. The number of carboxylic acid groups (broad SMARTS) is 1. The fraction of sp³-hybridized carbons (Fsp3) is 0.300. The second-order valence-corrected chi connectivity index (χ2v) is 3.67. The minimum Gasteiger partial charge on any atom is -0.481 e. The number of hydrogen-bond acceptors (Lipinski definition) is 3. The van der Waals surface area contributed by atoms with Crippen molar-refractivity contribution < 1.29 is 14.7 Å². The molecule has 0 aliphatic carbocycles. The van der Waals surface area contributed by atoms with Crippen LogP contribution in [0.3, 0.4) is 0 Å². The summed E-state index contributed by atoms with van der Waals surface area (Å²) in [6, 6.07) is 3.06. The number of pyridine rings is 1. The van der Waals surface area contributed by atoms with Crippen LogP contribution < -0.4 is 0 Å². The molecule has 0 spiro atoms. The molecule has 0 radical (unpaired) electrons. The van der Waals surface area contributed by atoms with E-state index in [2.05, 4.69) is 4.98 Å². The van der Waals surface area contributed by atoms with Gasteiger partial charge in [-0.05, 0) is 12.1 Å². The first kappa shape index (κ1) is 12.4. The lowest BCUT2D eigenvalue weighted by atomic mass is 10.3. The second-order valence-electron chi connectivity index (χ2n) is 3.23. The van der Waals surface area contributed by atoms with Crippen molar-refractivity contribution in [2.45, 2.75) is 6.42 Å². The smallest absolute Gasteiger partial charge is 0.305 e. The van der Waals surface area contributed by atoms with Crippen molar-refractivity contribution in [3.8, 4) is 0 Å². The summed E-state index contributed by atoms with van der Waals surface area (Å²) in [7, 11) is 1.53. The molecule has 0 atom stereocenters. The van der Waals surface area contributed by atoms with Crippen LogP contribution in [0.4, 0.5) is 0 Å². The summed E-state index contributed by atoms with van der Waals surface area (Å²) in [5, 5.41) is 8.93. The molecule has 1 amide bonds. The third-order valence-electron chi connectivity index (χ3n) is 1.95. The van der Waals surface area contributed by atoms with Gasteiger partial charge in [-0.25, -0.2) is 4.98 Å². The molecular formula is C10H11ClN2O3. The van der Waals surface area contributed by atoms with Gasteiger partial charge in [-0.15, -0.1) is 0 Å². The maximum absolute atomic E-state index is 11.7. The lowest BCUT2D eigenvalue weighted by Gasteiger charge is -2.15. The largest absolute Gasteiger partial charge is 0.481 e. The average Bonchev–Trinajstić information content (AvgIpc) is 2.26. The molecule has 5 nitrogen and oxygen atoms in total. The molecule has 6 heteroatoms. The lowest BCUT2D eigenvalue weighted by Crippen LogP contribution is -2.29. The van der Waals surface area contributed by atoms with Gasteiger partial charge in [0.2, 0.25) is 0 Å². The Kier molecular flexibility index (Phi) is 4.25. The predicted molar refractivity (Wildman–Crippen MR) is 58.5 cm³/mol. The van der Waals surface area contributed by atoms with E-state index < -0.39 is 5.97 Å². The Morgan fingerprint density at radius 2 is 2.19 bits per heavy atom. The molecular weight excluding hydrogens is 232 g/mol. The minimum atomic E-state index is -0.941. The molecule has 1 aromatic heterocycles. The van der Waals surface area contributed by atoms with Crippen LogP contribution in [0.5, 0.6) is 0 Å². The van der Waals surface area contributed by atoms with E-state index in [-0.39, 0.29) is 24.6 Å². The summed E-state index contributed by atoms with van der Waals surface area (Å²) < 4.78 is 0. The zero-order valence-corrected chi connectivity index (χ0v) is 9.44. The van der Waals surface area contributed by atoms with E-state index in [0.717, 1.165) is 0 Å². The van der Waals surface area contributed by atoms with Crippen molar-refractivity contribution in [3.05, 3.63) is 29.0 Å². The van der Waals surface area contributed by atoms with Crippen molar-refractivity contribution in [2.75, 3.05) is 13.6 Å². The molecule has 86 valence electrons. The van der Waals surface area contributed by atoms with Crippen LogP contribution >= 0.6 is 11.6 Å². The first-order chi connectivity index (χ1) is 7.50. The molecule has 0 aromatic carbocycles. The zero-order chi connectivity index (χ0) is 12.1. The Hall–Kier alpha value is -1.62. The van der Waals surface area contributed by atoms with Crippen molar-refractivity contribution in [2.24, 2.45) is 0 Å². The SMILES string of the molecule is CN(CCC(=O)O)C(=O)c1ccc(Cl)cn1. The summed E-state index contributed by atoms with van der Waals surface area (Å²) in [4.78, 5) is 27.2. The first-order valence-electron chi connectivity index (χ1n) is 4.59. The van der Waals surface area contributed by atoms with E-state index in [1.165, 1.54) is 24.2 Å². The molecule has 16 heavy (non-hydrogen) atoms. The number of carboxylic acids is 1. The Morgan fingerprint density at radius 1 is 1.50 bits per heavy atom. The molecule has 0 aliphatic heterocycles. The van der Waals surface area contributed by atoms with Gasteiger partial charge >= 0.3 is 5.97 Å². The van der Waals surface area contributed by atoms with Gasteiger partial charge in [0.1, 0.15) is 5.69 Å². The Balaban J connectivity index is 2.63. The minimum absolute atomic E-state index is 0.0875. The highest BCUT2D eigenvalue weighted by molar-refractivity contribution is 6.30. The quantitative estimate of drug-likeness (QED) is 0.864. The number of hydrogen-bond donors (Lipinski definition) is 1. The van der Waals surface area contributed by atoms with Crippen molar-refractivity contribution in [1.29, 1.82) is 0 Å². The van der Waals surface area contributed by atoms with Gasteiger partial charge in [0.15, 0.2) is 0 Å². The molecule has 0 unspecified atom stereocenters. The van der Waals surface area contributed by atoms with Crippen molar-refractivity contribution in [1.82, 2.24) is 9.88 Å². The van der Waals surface area contributed by atoms with Crippen LogP contribution in [0.1, 0.15) is 16.9 Å². The molecule has 1 heterocycles. The topological polar surface area (TPSA) is 70.5 Å². The van der Waals surface area contributed by atoms with Gasteiger partial charge < -0.3 is 10.0 Å². The van der Waals surface area contributed by atoms with Crippen molar-refractivity contribution >= 4 is 23.5 Å². The second kappa shape index (κ2) is 5.46. The third kappa shape index (κ3) is 3.51. The van der Waals surface area contributed by atoms with Gasteiger partial charge in [-0.3, -0.25) is 9.59 Å². The predicted octanol–water partition coefficient (Wildman–Crippen LogP) is 1.28.